The van der Waals surface area contributed by atoms with Crippen LogP contribution >= 0.6 is 0 Å². The summed E-state index contributed by atoms with van der Waals surface area (Å²) in [7, 11) is 0. The fourth-order valence-corrected chi connectivity index (χ4v) is 11.7. The topological polar surface area (TPSA) is 13.1 Å². The molecule has 65 heavy (non-hydrogen) atoms. The minimum absolute atomic E-state index is 0.648. The molecule has 1 spiro atoms. The number of aromatic nitrogens is 2. The number of hydrogen-bond donors (Lipinski definition) is 0. The molecule has 3 nitrogen and oxygen atoms in total. The number of allylic oxidation sites excluding steroid dienone is 7. The Balaban J connectivity index is 1.13. The molecule has 0 N–H and O–H groups in total. The van der Waals surface area contributed by atoms with Crippen LogP contribution < -0.4 is 4.90 Å². The third-order valence-corrected chi connectivity index (χ3v) is 14.4. The van der Waals surface area contributed by atoms with Crippen LogP contribution in [0.1, 0.15) is 34.7 Å². The Kier molecular flexibility index (Phi) is 8.23. The summed E-state index contributed by atoms with van der Waals surface area (Å²) in [4.78, 5) is 2.49. The number of benzene rings is 8. The molecule has 1 atom stereocenters. The van der Waals surface area contributed by atoms with Crippen LogP contribution in [0, 0.1) is 12.3 Å². The third-order valence-electron chi connectivity index (χ3n) is 14.4. The predicted octanol–water partition coefficient (Wildman–Crippen LogP) is 15.0. The van der Waals surface area contributed by atoms with E-state index in [-0.39, 0.29) is 0 Å². The zero-order chi connectivity index (χ0) is 43.2. The fraction of sp³-hybridized carbons (Fsp3) is 0.0645. The van der Waals surface area contributed by atoms with Crippen LogP contribution in [0.4, 0.5) is 11.4 Å². The van der Waals surface area contributed by atoms with Crippen molar-refractivity contribution in [2.75, 3.05) is 11.4 Å². The van der Waals surface area contributed by atoms with Gasteiger partial charge in [0.05, 0.1) is 27.5 Å². The molecular weight excluding hydrogens is 787 g/mol. The van der Waals surface area contributed by atoms with Crippen molar-refractivity contribution < 1.29 is 0 Å². The quantitative estimate of drug-likeness (QED) is 0.161. The van der Waals surface area contributed by atoms with Crippen molar-refractivity contribution in [3.63, 3.8) is 0 Å². The van der Waals surface area contributed by atoms with Gasteiger partial charge < -0.3 is 14.0 Å². The van der Waals surface area contributed by atoms with Gasteiger partial charge in [-0.1, -0.05) is 139 Å². The van der Waals surface area contributed by atoms with Crippen molar-refractivity contribution in [3.8, 4) is 34.8 Å². The van der Waals surface area contributed by atoms with Crippen molar-refractivity contribution in [3.05, 3.63) is 246 Å². The SMILES string of the molecule is C#C/C=C\C1=C(C)C2(c3cc(-n4c5ccccc5c5ccccc54)ccc31)c1cc(N3C/C=C\C=C/Cc4ccccc43)ccc1-c1ccc(-n3c4ccccc4c4ccccc43)cc12. The Morgan fingerprint density at radius 1 is 0.508 bits per heavy atom. The lowest BCUT2D eigenvalue weighted by atomic mass is 9.70. The first-order chi connectivity index (χ1) is 32.1. The smallest absolute Gasteiger partial charge is 0.0688 e. The lowest BCUT2D eigenvalue weighted by molar-refractivity contribution is 0.764. The Morgan fingerprint density at radius 3 is 1.54 bits per heavy atom. The van der Waals surface area contributed by atoms with E-state index in [4.69, 9.17) is 6.42 Å². The molecule has 1 aliphatic heterocycles. The standard InChI is InChI=1S/C62H43N3/c1-3-4-21-46-41(2)62(55-39-44(32-35-47(46)55)64-58-27-14-9-22-50(58)51-23-10-15-28-59(51)64)54-38-43(63-37-18-6-5-7-19-42-20-8-13-26-57(42)63)31-34-48(54)49-36-33-45(40-56(49)62)65-60-29-16-11-24-52(60)53-25-12-17-30-61(53)65/h1,4-18,20-36,38-40H,19,37H2,2H3/b7-5-,18-6-,21-4-. The van der Waals surface area contributed by atoms with Crippen LogP contribution in [0.3, 0.4) is 0 Å². The Bertz CT molecular complexity index is 3710. The van der Waals surface area contributed by atoms with Gasteiger partial charge in [-0.2, -0.15) is 0 Å². The summed E-state index contributed by atoms with van der Waals surface area (Å²) in [6.07, 6.45) is 19.8. The van der Waals surface area contributed by atoms with Gasteiger partial charge in [0.15, 0.2) is 0 Å². The molecule has 8 aromatic carbocycles. The molecule has 2 aromatic heterocycles. The van der Waals surface area contributed by atoms with E-state index in [0.29, 0.717) is 0 Å². The van der Waals surface area contributed by atoms with Gasteiger partial charge in [0.1, 0.15) is 0 Å². The number of nitrogens with zero attached hydrogens (tertiary/aromatic N) is 3. The number of hydrogen-bond acceptors (Lipinski definition) is 1. The highest BCUT2D eigenvalue weighted by atomic mass is 15.1. The molecule has 3 heterocycles. The highest BCUT2D eigenvalue weighted by molar-refractivity contribution is 6.10. The first kappa shape index (κ1) is 37.3. The largest absolute Gasteiger partial charge is 0.337 e. The molecule has 13 rings (SSSR count). The molecule has 0 saturated heterocycles. The average molecular weight is 830 g/mol. The second kappa shape index (κ2) is 14.4. The van der Waals surface area contributed by atoms with Crippen molar-refractivity contribution in [2.24, 2.45) is 0 Å². The van der Waals surface area contributed by atoms with E-state index in [1.807, 2.05) is 6.08 Å². The number of anilines is 2. The number of para-hydroxylation sites is 5. The van der Waals surface area contributed by atoms with Crippen molar-refractivity contribution in [1.29, 1.82) is 0 Å². The van der Waals surface area contributed by atoms with Crippen molar-refractivity contribution in [2.45, 2.75) is 18.8 Å². The van der Waals surface area contributed by atoms with E-state index in [1.54, 1.807) is 0 Å². The molecule has 306 valence electrons. The van der Waals surface area contributed by atoms with Crippen LogP contribution in [0.25, 0.3) is 71.7 Å². The van der Waals surface area contributed by atoms with Crippen LogP contribution in [0.2, 0.25) is 0 Å². The second-order valence-corrected chi connectivity index (χ2v) is 17.5. The molecule has 3 heteroatoms. The molecule has 10 aromatic rings. The zero-order valence-electron chi connectivity index (χ0n) is 36.0. The monoisotopic (exact) mass is 829 g/mol. The first-order valence-electron chi connectivity index (χ1n) is 22.6. The van der Waals surface area contributed by atoms with E-state index in [0.717, 1.165) is 30.0 Å². The molecule has 0 radical (unpaired) electrons. The highest BCUT2D eigenvalue weighted by Crippen LogP contribution is 2.63. The van der Waals surface area contributed by atoms with Gasteiger partial charge in [-0.15, -0.1) is 6.42 Å². The van der Waals surface area contributed by atoms with Crippen LogP contribution in [0.5, 0.6) is 0 Å². The summed E-state index contributed by atoms with van der Waals surface area (Å²) in [5.41, 5.74) is 20.1. The highest BCUT2D eigenvalue weighted by Gasteiger charge is 2.52. The van der Waals surface area contributed by atoms with Gasteiger partial charge in [0.25, 0.3) is 0 Å². The van der Waals surface area contributed by atoms with Gasteiger partial charge in [-0.3, -0.25) is 0 Å². The van der Waals surface area contributed by atoms with E-state index in [9.17, 15) is 0 Å². The summed E-state index contributed by atoms with van der Waals surface area (Å²) in [5.74, 6) is 2.84. The molecule has 0 fully saturated rings. The van der Waals surface area contributed by atoms with Crippen molar-refractivity contribution >= 4 is 60.6 Å². The Morgan fingerprint density at radius 2 is 0.969 bits per heavy atom. The van der Waals surface area contributed by atoms with E-state index in [1.165, 1.54) is 99.4 Å². The van der Waals surface area contributed by atoms with E-state index < -0.39 is 5.41 Å². The molecule has 1 unspecified atom stereocenters. The molecule has 2 aliphatic carbocycles. The zero-order valence-corrected chi connectivity index (χ0v) is 36.0. The normalized spacial score (nSPS) is 17.3. The summed E-state index contributed by atoms with van der Waals surface area (Å²) in [6.45, 7) is 3.09. The summed E-state index contributed by atoms with van der Waals surface area (Å²) in [6, 6.07) is 65.6. The van der Waals surface area contributed by atoms with Crippen molar-refractivity contribution in [1.82, 2.24) is 9.13 Å². The van der Waals surface area contributed by atoms with Crippen LogP contribution in [-0.2, 0) is 11.8 Å². The number of rotatable bonds is 4. The molecular formula is C62H43N3. The fourth-order valence-electron chi connectivity index (χ4n) is 11.7. The second-order valence-electron chi connectivity index (χ2n) is 17.5. The van der Waals surface area contributed by atoms with Gasteiger partial charge in [0.2, 0.25) is 0 Å². The maximum atomic E-state index is 6.02. The summed E-state index contributed by atoms with van der Waals surface area (Å²) in [5, 5.41) is 4.99. The van der Waals surface area contributed by atoms with Gasteiger partial charge in [0, 0.05) is 50.8 Å². The van der Waals surface area contributed by atoms with E-state index in [2.05, 4.69) is 233 Å². The van der Waals surface area contributed by atoms with Gasteiger partial charge in [-0.05, 0) is 142 Å². The van der Waals surface area contributed by atoms with Gasteiger partial charge >= 0.3 is 0 Å². The maximum Gasteiger partial charge on any atom is 0.0688 e. The Labute approximate surface area is 378 Å². The lowest BCUT2D eigenvalue weighted by Crippen LogP contribution is -2.27. The molecule has 3 aliphatic rings. The maximum absolute atomic E-state index is 6.02. The number of fused-ring (bicyclic) bond motifs is 14. The Hall–Kier alpha value is -8.32. The minimum atomic E-state index is -0.648. The van der Waals surface area contributed by atoms with E-state index >= 15 is 0 Å². The molecule has 0 bridgehead atoms. The number of terminal acetylenes is 1. The van der Waals surface area contributed by atoms with Gasteiger partial charge in [-0.25, -0.2) is 0 Å². The predicted molar refractivity (Wildman–Crippen MR) is 273 cm³/mol. The molecule has 0 amide bonds. The first-order valence-corrected chi connectivity index (χ1v) is 22.6. The summed E-state index contributed by atoms with van der Waals surface area (Å²) >= 11 is 0. The van der Waals surface area contributed by atoms with Crippen LogP contribution in [-0.4, -0.2) is 15.7 Å². The average Bonchev–Trinajstić information content (AvgIpc) is 4.06. The third kappa shape index (κ3) is 5.26. The summed E-state index contributed by atoms with van der Waals surface area (Å²) < 4.78 is 4.90. The van der Waals surface area contributed by atoms with Crippen LogP contribution in [0.15, 0.2) is 218 Å². The lowest BCUT2D eigenvalue weighted by Gasteiger charge is -2.33. The minimum Gasteiger partial charge on any atom is -0.337 e. The molecule has 0 saturated carbocycles.